The van der Waals surface area contributed by atoms with Crippen molar-refractivity contribution in [3.8, 4) is 0 Å². The number of likely N-dealkylation sites (tertiary alicyclic amines) is 1. The van der Waals surface area contributed by atoms with Crippen LogP contribution in [0.2, 0.25) is 0 Å². The number of nitrogens with zero attached hydrogens (tertiary/aromatic N) is 1. The monoisotopic (exact) mass is 435 g/mol. The first-order valence-electron chi connectivity index (χ1n) is 11.5. The lowest BCUT2D eigenvalue weighted by Gasteiger charge is -2.44. The van der Waals surface area contributed by atoms with Gasteiger partial charge in [0.25, 0.3) is 5.78 Å². The Morgan fingerprint density at radius 2 is 1.47 bits per heavy atom. The van der Waals surface area contributed by atoms with Crippen LogP contribution in [0, 0.1) is 5.41 Å². The Hall–Kier alpha value is -2.79. The summed E-state index contributed by atoms with van der Waals surface area (Å²) >= 11 is 0. The highest BCUT2D eigenvalue weighted by atomic mass is 16.4. The van der Waals surface area contributed by atoms with Crippen LogP contribution >= 0.6 is 0 Å². The van der Waals surface area contributed by atoms with E-state index in [9.17, 15) is 19.5 Å². The van der Waals surface area contributed by atoms with Crippen molar-refractivity contribution in [2.24, 2.45) is 5.41 Å². The third-order valence-corrected chi connectivity index (χ3v) is 7.39. The van der Waals surface area contributed by atoms with Gasteiger partial charge in [0.05, 0.1) is 18.5 Å². The van der Waals surface area contributed by atoms with Crippen LogP contribution in [0.1, 0.15) is 58.1 Å². The minimum absolute atomic E-state index is 0.278. The molecule has 2 atom stereocenters. The summed E-state index contributed by atoms with van der Waals surface area (Å²) in [6.45, 7) is 7.85. The molecule has 170 valence electrons. The van der Waals surface area contributed by atoms with E-state index in [1.54, 1.807) is 13.8 Å². The van der Waals surface area contributed by atoms with E-state index in [1.165, 1.54) is 0 Å². The molecule has 0 N–H and O–H groups in total. The predicted octanol–water partition coefficient (Wildman–Crippen LogP) is 3.25. The van der Waals surface area contributed by atoms with Crippen LogP contribution in [-0.2, 0) is 19.8 Å². The summed E-state index contributed by atoms with van der Waals surface area (Å²) in [5.41, 5.74) is -0.168. The molecule has 32 heavy (non-hydrogen) atoms. The average molecular weight is 436 g/mol. The van der Waals surface area contributed by atoms with Crippen molar-refractivity contribution >= 4 is 17.7 Å². The van der Waals surface area contributed by atoms with Gasteiger partial charge in [-0.3, -0.25) is 4.79 Å². The number of rotatable bonds is 8. The first-order valence-corrected chi connectivity index (χ1v) is 11.5. The number of benzene rings is 2. The molecule has 0 saturated carbocycles. The van der Waals surface area contributed by atoms with Crippen molar-refractivity contribution < 1.29 is 24.0 Å². The highest BCUT2D eigenvalue weighted by Crippen LogP contribution is 2.50. The molecule has 1 unspecified atom stereocenters. The van der Waals surface area contributed by atoms with E-state index in [4.69, 9.17) is 0 Å². The van der Waals surface area contributed by atoms with Gasteiger partial charge >= 0.3 is 5.91 Å². The second-order valence-electron chi connectivity index (χ2n) is 9.53. The van der Waals surface area contributed by atoms with Gasteiger partial charge in [0.2, 0.25) is 0 Å². The molecule has 0 spiro atoms. The van der Waals surface area contributed by atoms with Gasteiger partial charge in [0, 0.05) is 11.8 Å². The molecule has 2 aromatic rings. The minimum atomic E-state index is -1.29. The number of hydrogen-bond acceptors (Lipinski definition) is 4. The van der Waals surface area contributed by atoms with Crippen LogP contribution in [0.15, 0.2) is 60.7 Å². The van der Waals surface area contributed by atoms with Gasteiger partial charge in [-0.2, -0.15) is 0 Å². The predicted molar refractivity (Wildman–Crippen MR) is 121 cm³/mol. The molecule has 1 fully saturated rings. The van der Waals surface area contributed by atoms with Crippen molar-refractivity contribution in [3.63, 3.8) is 0 Å². The van der Waals surface area contributed by atoms with Crippen LogP contribution in [0.5, 0.6) is 0 Å². The van der Waals surface area contributed by atoms with Gasteiger partial charge in [-0.05, 0) is 24.0 Å². The van der Waals surface area contributed by atoms with Crippen molar-refractivity contribution in [1.82, 2.24) is 0 Å². The molecule has 3 rings (SSSR count). The van der Waals surface area contributed by atoms with E-state index in [2.05, 4.69) is 0 Å². The number of ketones is 1. The van der Waals surface area contributed by atoms with E-state index in [0.29, 0.717) is 19.3 Å². The molecule has 0 bridgehead atoms. The quantitative estimate of drug-likeness (QED) is 0.471. The van der Waals surface area contributed by atoms with Crippen molar-refractivity contribution in [2.75, 3.05) is 13.1 Å². The second kappa shape index (κ2) is 8.99. The smallest absolute Gasteiger partial charge is 0.382 e. The van der Waals surface area contributed by atoms with Gasteiger partial charge in [-0.25, -0.2) is 9.28 Å². The molecule has 5 nitrogen and oxygen atoms in total. The Kier molecular flexibility index (Phi) is 6.70. The van der Waals surface area contributed by atoms with Crippen LogP contribution < -0.4 is 5.11 Å². The molecule has 0 aliphatic carbocycles. The molecule has 1 aliphatic rings. The number of quaternary nitrogens is 1. The summed E-state index contributed by atoms with van der Waals surface area (Å²) in [6.07, 6.45) is 1.52. The fourth-order valence-corrected chi connectivity index (χ4v) is 5.32. The number of carbonyl (C=O) groups is 3. The van der Waals surface area contributed by atoms with Crippen molar-refractivity contribution in [3.05, 3.63) is 71.8 Å². The molecule has 5 heteroatoms. The van der Waals surface area contributed by atoms with Crippen LogP contribution in [0.4, 0.5) is 0 Å². The number of amides is 1. The summed E-state index contributed by atoms with van der Waals surface area (Å²) in [5, 5.41) is 12.9. The number of carboxylic acid groups (broad SMARTS) is 1. The summed E-state index contributed by atoms with van der Waals surface area (Å²) < 4.78 is -0.398. The van der Waals surface area contributed by atoms with Gasteiger partial charge < -0.3 is 9.90 Å². The Morgan fingerprint density at radius 3 is 1.88 bits per heavy atom. The maximum atomic E-state index is 13.9. The van der Waals surface area contributed by atoms with E-state index >= 15 is 0 Å². The molecule has 0 aromatic heterocycles. The summed E-state index contributed by atoms with van der Waals surface area (Å²) in [5.74, 6) is -2.41. The maximum absolute atomic E-state index is 13.9. The minimum Gasteiger partial charge on any atom is -0.544 e. The van der Waals surface area contributed by atoms with Gasteiger partial charge in [0.15, 0.2) is 6.04 Å². The first-order chi connectivity index (χ1) is 15.2. The lowest BCUT2D eigenvalue weighted by Crippen LogP contribution is -2.68. The van der Waals surface area contributed by atoms with E-state index in [1.807, 2.05) is 74.5 Å². The summed E-state index contributed by atoms with van der Waals surface area (Å²) in [6, 6.07) is 17.8. The van der Waals surface area contributed by atoms with Crippen LogP contribution in [0.3, 0.4) is 0 Å². The topological polar surface area (TPSA) is 74.3 Å². The molecule has 2 aromatic carbocycles. The Labute approximate surface area is 190 Å². The molecule has 0 radical (unpaired) electrons. The van der Waals surface area contributed by atoms with Crippen molar-refractivity contribution in [1.29, 1.82) is 0 Å². The van der Waals surface area contributed by atoms with E-state index in [-0.39, 0.29) is 13.1 Å². The van der Waals surface area contributed by atoms with Gasteiger partial charge in [-0.15, -0.1) is 0 Å². The highest BCUT2D eigenvalue weighted by molar-refractivity contribution is 6.35. The van der Waals surface area contributed by atoms with Gasteiger partial charge in [0.1, 0.15) is 5.97 Å². The third-order valence-electron chi connectivity index (χ3n) is 7.39. The number of Topliss-reactive ketones (excluding diaryl/α,β-unsaturated/α-hetero) is 1. The molecule has 1 aliphatic heterocycles. The molecule has 1 amide bonds. The third kappa shape index (κ3) is 3.69. The van der Waals surface area contributed by atoms with Crippen LogP contribution in [0.25, 0.3) is 0 Å². The lowest BCUT2D eigenvalue weighted by atomic mass is 9.68. The molecule has 1 saturated heterocycles. The number of carbonyl (C=O) groups excluding carboxylic acids is 3. The second-order valence-corrected chi connectivity index (χ2v) is 9.53. The molecular weight excluding hydrogens is 402 g/mol. The Balaban J connectivity index is 2.29. The fourth-order valence-electron chi connectivity index (χ4n) is 5.32. The molecule has 1 heterocycles. The fraction of sp³-hybridized carbons (Fsp3) is 0.444. The normalized spacial score (nSPS) is 22.4. The van der Waals surface area contributed by atoms with Crippen LogP contribution in [-0.4, -0.2) is 41.3 Å². The Bertz CT molecular complexity index is 944. The SMILES string of the molecule is CCC[N+]1(C(=O)C(=O)C(C)(C)CC)CCC(c2ccccc2)(c2ccccc2)[C@H]1C(=O)[O-]. The first kappa shape index (κ1) is 23.9. The zero-order valence-corrected chi connectivity index (χ0v) is 19.5. The maximum Gasteiger partial charge on any atom is 0.382 e. The zero-order valence-electron chi connectivity index (χ0n) is 19.5. The average Bonchev–Trinajstić information content (AvgIpc) is 3.16. The standard InChI is InChI=1S/C27H33NO4/c1-5-18-28(24(30)23(29)26(3,4)6-2)19-17-27(22(28)25(31)32,20-13-9-7-10-14-20)21-15-11-8-12-16-21/h7-16,22H,5-6,17-19H2,1-4H3/t22-,28?/m1/s1. The zero-order chi connectivity index (χ0) is 23.6. The summed E-state index contributed by atoms with van der Waals surface area (Å²) in [4.78, 5) is 40.1. The number of aliphatic carboxylic acids is 1. The summed E-state index contributed by atoms with van der Waals surface area (Å²) in [7, 11) is 0. The Morgan fingerprint density at radius 1 is 0.969 bits per heavy atom. The van der Waals surface area contributed by atoms with Crippen molar-refractivity contribution in [2.45, 2.75) is 58.4 Å². The number of carboxylic acids is 1. The number of hydrogen-bond donors (Lipinski definition) is 0. The largest absolute Gasteiger partial charge is 0.544 e. The molecular formula is C27H33NO4. The highest BCUT2D eigenvalue weighted by Gasteiger charge is 2.64. The lowest BCUT2D eigenvalue weighted by molar-refractivity contribution is -0.859. The van der Waals surface area contributed by atoms with Gasteiger partial charge in [-0.1, -0.05) is 88.4 Å². The van der Waals surface area contributed by atoms with E-state index in [0.717, 1.165) is 11.1 Å². The van der Waals surface area contributed by atoms with E-state index < -0.39 is 39.0 Å².